The Bertz CT molecular complexity index is 3680. The highest BCUT2D eigenvalue weighted by atomic mass is 15.1. The van der Waals surface area contributed by atoms with Crippen molar-refractivity contribution >= 4 is 69.2 Å². The van der Waals surface area contributed by atoms with E-state index < -0.39 is 0 Å². The first-order valence-electron chi connectivity index (χ1n) is 27.8. The Morgan fingerprint density at radius 1 is 0.269 bits per heavy atom. The third kappa shape index (κ3) is 9.07. The number of anilines is 6. The van der Waals surface area contributed by atoms with Gasteiger partial charge < -0.3 is 9.80 Å². The maximum absolute atomic E-state index is 2.44. The molecule has 0 radical (unpaired) electrons. The van der Waals surface area contributed by atoms with Crippen LogP contribution in [0.15, 0.2) is 182 Å². The Balaban J connectivity index is 0.812. The normalized spacial score (nSPS) is 13.7. The highest BCUT2D eigenvalue weighted by Gasteiger charge is 2.38. The summed E-state index contributed by atoms with van der Waals surface area (Å²) in [5.74, 6) is 0. The third-order valence-electron chi connectivity index (χ3n) is 16.6. The lowest BCUT2D eigenvalue weighted by atomic mass is 9.81. The molecule has 2 nitrogen and oxygen atoms in total. The second kappa shape index (κ2) is 19.2. The zero-order valence-corrected chi connectivity index (χ0v) is 47.5. The van der Waals surface area contributed by atoms with E-state index in [4.69, 9.17) is 0 Å². The zero-order valence-electron chi connectivity index (χ0n) is 47.5. The molecule has 384 valence electrons. The minimum Gasteiger partial charge on any atom is -0.310 e. The summed E-state index contributed by atoms with van der Waals surface area (Å²) in [7, 11) is 0. The van der Waals surface area contributed by atoms with Gasteiger partial charge in [0.25, 0.3) is 0 Å². The van der Waals surface area contributed by atoms with E-state index in [1.165, 1.54) is 156 Å². The monoisotopic (exact) mass is 1010 g/mol. The van der Waals surface area contributed by atoms with Crippen LogP contribution < -0.4 is 9.80 Å². The van der Waals surface area contributed by atoms with Crippen LogP contribution in [0.3, 0.4) is 0 Å². The van der Waals surface area contributed by atoms with Gasteiger partial charge in [-0.15, -0.1) is 0 Å². The largest absolute Gasteiger partial charge is 0.310 e. The Kier molecular flexibility index (Phi) is 12.4. The van der Waals surface area contributed by atoms with Crippen molar-refractivity contribution in [3.05, 3.63) is 271 Å². The summed E-state index contributed by atoms with van der Waals surface area (Å²) < 4.78 is 0. The van der Waals surface area contributed by atoms with E-state index in [0.29, 0.717) is 0 Å². The fraction of sp³-hybridized carbons (Fsp3) is 0.184. The predicted molar refractivity (Wildman–Crippen MR) is 337 cm³/mol. The van der Waals surface area contributed by atoms with Gasteiger partial charge in [-0.2, -0.15) is 0 Å². The van der Waals surface area contributed by atoms with Crippen molar-refractivity contribution in [1.82, 2.24) is 0 Å². The molecule has 2 aliphatic carbocycles. The minimum absolute atomic E-state index is 0.186. The molecule has 12 rings (SSSR count). The number of hydrogen-bond acceptors (Lipinski definition) is 2. The Morgan fingerprint density at radius 3 is 0.859 bits per heavy atom. The first-order valence-corrected chi connectivity index (χ1v) is 27.8. The van der Waals surface area contributed by atoms with E-state index in [1.54, 1.807) is 0 Å². The molecule has 0 fully saturated rings. The maximum atomic E-state index is 2.44. The number of rotatable bonds is 10. The van der Waals surface area contributed by atoms with Crippen LogP contribution in [0.4, 0.5) is 34.1 Å². The van der Waals surface area contributed by atoms with Crippen molar-refractivity contribution < 1.29 is 0 Å². The summed E-state index contributed by atoms with van der Waals surface area (Å²) in [6.07, 6.45) is 9.18. The minimum atomic E-state index is -0.186. The standard InChI is InChI=1S/C76H70N2/c1-47-31-48(2)36-61(35-47)77(62-37-49(3)32-50(4)38-62)59-25-29-69-67-27-21-55(43-71(67)75(9,10)73(69)45-59)19-23-57-15-13-18-66-58(16-14-17-65(57)66)24-20-56-22-28-68-70-30-26-60(46-74(70)76(11,12)72(68)44-56)78(63-39-51(5)33-52(6)40-63)64-41-53(7)34-54(8)42-64/h13-46H,1-12H3/b23-19+,24-20+. The average molecular weight is 1010 g/mol. The summed E-state index contributed by atoms with van der Waals surface area (Å²) in [6.45, 7) is 27.1. The van der Waals surface area contributed by atoms with E-state index in [0.717, 1.165) is 0 Å². The first kappa shape index (κ1) is 50.4. The number of nitrogens with zero attached hydrogens (tertiary/aromatic N) is 2. The molecule has 10 aromatic carbocycles. The number of aryl methyl sites for hydroxylation is 8. The molecule has 78 heavy (non-hydrogen) atoms. The summed E-state index contributed by atoms with van der Waals surface area (Å²) in [6, 6.07) is 69.2. The topological polar surface area (TPSA) is 6.48 Å². The van der Waals surface area contributed by atoms with E-state index in [2.05, 4.69) is 299 Å². The summed E-state index contributed by atoms with van der Waals surface area (Å²) in [5.41, 5.74) is 32.4. The summed E-state index contributed by atoms with van der Waals surface area (Å²) in [5, 5.41) is 2.48. The quantitative estimate of drug-likeness (QED) is 0.126. The molecule has 0 spiro atoms. The third-order valence-corrected chi connectivity index (χ3v) is 16.6. The lowest BCUT2D eigenvalue weighted by molar-refractivity contribution is 0.660. The fourth-order valence-electron chi connectivity index (χ4n) is 13.2. The maximum Gasteiger partial charge on any atom is 0.0466 e. The van der Waals surface area contributed by atoms with Crippen molar-refractivity contribution in [2.24, 2.45) is 0 Å². The number of benzene rings is 10. The lowest BCUT2D eigenvalue weighted by Crippen LogP contribution is -2.17. The van der Waals surface area contributed by atoms with Crippen LogP contribution in [0.1, 0.15) is 117 Å². The molecular formula is C76H70N2. The molecule has 0 heterocycles. The van der Waals surface area contributed by atoms with Crippen molar-refractivity contribution in [1.29, 1.82) is 0 Å². The molecule has 0 saturated heterocycles. The molecule has 0 saturated carbocycles. The van der Waals surface area contributed by atoms with Gasteiger partial charge >= 0.3 is 0 Å². The lowest BCUT2D eigenvalue weighted by Gasteiger charge is -2.29. The van der Waals surface area contributed by atoms with Gasteiger partial charge in [0.05, 0.1) is 0 Å². The zero-order chi connectivity index (χ0) is 54.4. The van der Waals surface area contributed by atoms with Crippen molar-refractivity contribution in [3.63, 3.8) is 0 Å². The van der Waals surface area contributed by atoms with Crippen molar-refractivity contribution in [3.8, 4) is 22.3 Å². The molecule has 2 aliphatic rings. The van der Waals surface area contributed by atoms with Crippen molar-refractivity contribution in [2.75, 3.05) is 9.80 Å². The van der Waals surface area contributed by atoms with Crippen LogP contribution in [-0.2, 0) is 10.8 Å². The van der Waals surface area contributed by atoms with Gasteiger partial charge in [-0.1, -0.05) is 161 Å². The van der Waals surface area contributed by atoms with Gasteiger partial charge in [-0.25, -0.2) is 0 Å². The molecule has 2 heteroatoms. The molecule has 0 unspecified atom stereocenters. The fourth-order valence-corrected chi connectivity index (χ4v) is 13.2. The second-order valence-electron chi connectivity index (χ2n) is 23.8. The molecule has 0 bridgehead atoms. The number of hydrogen-bond donors (Lipinski definition) is 0. The van der Waals surface area contributed by atoms with Crippen LogP contribution >= 0.6 is 0 Å². The highest BCUT2D eigenvalue weighted by Crippen LogP contribution is 2.53. The van der Waals surface area contributed by atoms with Crippen LogP contribution in [0.25, 0.3) is 57.3 Å². The smallest absolute Gasteiger partial charge is 0.0466 e. The Hall–Kier alpha value is -8.46. The molecule has 0 amide bonds. The van der Waals surface area contributed by atoms with Gasteiger partial charge in [0.2, 0.25) is 0 Å². The van der Waals surface area contributed by atoms with Crippen LogP contribution in [0.2, 0.25) is 0 Å². The van der Waals surface area contributed by atoms with Crippen LogP contribution in [-0.4, -0.2) is 0 Å². The molecular weight excluding hydrogens is 941 g/mol. The predicted octanol–water partition coefficient (Wildman–Crippen LogP) is 21.2. The van der Waals surface area contributed by atoms with Gasteiger partial charge in [-0.3, -0.25) is 0 Å². The van der Waals surface area contributed by atoms with E-state index in [1.807, 2.05) is 0 Å². The van der Waals surface area contributed by atoms with Crippen LogP contribution in [0, 0.1) is 55.4 Å². The van der Waals surface area contributed by atoms with Gasteiger partial charge in [-0.05, 0) is 250 Å². The average Bonchev–Trinajstić information content (AvgIpc) is 3.96. The molecule has 0 atom stereocenters. The molecule has 0 aromatic heterocycles. The Morgan fingerprint density at radius 2 is 0.551 bits per heavy atom. The summed E-state index contributed by atoms with van der Waals surface area (Å²) >= 11 is 0. The van der Waals surface area contributed by atoms with Crippen molar-refractivity contribution in [2.45, 2.75) is 93.9 Å². The van der Waals surface area contributed by atoms with Gasteiger partial charge in [0.15, 0.2) is 0 Å². The molecule has 10 aromatic rings. The highest BCUT2D eigenvalue weighted by molar-refractivity contribution is 5.99. The van der Waals surface area contributed by atoms with E-state index in [-0.39, 0.29) is 10.8 Å². The van der Waals surface area contributed by atoms with E-state index >= 15 is 0 Å². The second-order valence-corrected chi connectivity index (χ2v) is 23.8. The van der Waals surface area contributed by atoms with E-state index in [9.17, 15) is 0 Å². The number of fused-ring (bicyclic) bond motifs is 7. The first-order chi connectivity index (χ1) is 37.4. The Labute approximate surface area is 463 Å². The molecule has 0 aliphatic heterocycles. The SMILES string of the molecule is Cc1cc(C)cc(N(c2cc(C)cc(C)c2)c2ccc3c(c2)C(C)(C)c2cc(/C=C/c4cccc5c(/C=C/c6ccc7c(c6)C(C)(C)c6cc(N(c8cc(C)cc(C)c8)c8cc(C)cc(C)c8)ccc6-7)cccc45)ccc2-3)c1. The van der Waals surface area contributed by atoms with Gasteiger partial charge in [0, 0.05) is 45.0 Å². The molecule has 0 N–H and O–H groups in total. The van der Waals surface area contributed by atoms with Crippen LogP contribution in [0.5, 0.6) is 0 Å². The summed E-state index contributed by atoms with van der Waals surface area (Å²) in [4.78, 5) is 4.88. The van der Waals surface area contributed by atoms with Gasteiger partial charge in [0.1, 0.15) is 0 Å².